The van der Waals surface area contributed by atoms with E-state index in [9.17, 15) is 4.79 Å². The highest BCUT2D eigenvalue weighted by atomic mass is 16.1. The van der Waals surface area contributed by atoms with Gasteiger partial charge < -0.3 is 10.2 Å². The predicted molar refractivity (Wildman–Crippen MR) is 104 cm³/mol. The van der Waals surface area contributed by atoms with Gasteiger partial charge in [-0.1, -0.05) is 42.5 Å². The highest BCUT2D eigenvalue weighted by molar-refractivity contribution is 5.94. The average Bonchev–Trinajstić information content (AvgIpc) is 3.08. The zero-order valence-electron chi connectivity index (χ0n) is 15.4. The summed E-state index contributed by atoms with van der Waals surface area (Å²) in [5.41, 5.74) is 3.98. The minimum absolute atomic E-state index is 0.0691. The van der Waals surface area contributed by atoms with Gasteiger partial charge in [0.2, 0.25) is 0 Å². The Balaban J connectivity index is 1.66. The van der Waals surface area contributed by atoms with E-state index in [-0.39, 0.29) is 11.9 Å². The molecule has 1 N–H and O–H groups in total. The molecule has 0 saturated heterocycles. The molecule has 1 atom stereocenters. The third kappa shape index (κ3) is 4.18. The molecular weight excluding hydrogens is 324 g/mol. The Bertz CT molecular complexity index is 853. The van der Waals surface area contributed by atoms with Crippen LogP contribution >= 0.6 is 0 Å². The number of benzene rings is 2. The van der Waals surface area contributed by atoms with Gasteiger partial charge in [0.1, 0.15) is 0 Å². The van der Waals surface area contributed by atoms with E-state index in [0.29, 0.717) is 12.1 Å². The summed E-state index contributed by atoms with van der Waals surface area (Å²) in [7, 11) is 5.89. The minimum atomic E-state index is -0.0691. The maximum atomic E-state index is 12.5. The standard InChI is InChI=1S/C21H24N4O/c1-24(2)20(19-13-23-25(3)15-19)14-22-21(26)18-11-9-17(10-12-18)16-7-5-4-6-8-16/h4-13,15,20H,14H2,1-3H3,(H,22,26). The number of nitrogens with zero attached hydrogens (tertiary/aromatic N) is 3. The molecular formula is C21H24N4O. The molecule has 1 unspecified atom stereocenters. The van der Waals surface area contributed by atoms with E-state index in [1.165, 1.54) is 0 Å². The fourth-order valence-electron chi connectivity index (χ4n) is 2.95. The number of carbonyl (C=O) groups excluding carboxylic acids is 1. The second kappa shape index (κ2) is 7.97. The van der Waals surface area contributed by atoms with Crippen LogP contribution in [-0.2, 0) is 7.05 Å². The SMILES string of the molecule is CN(C)C(CNC(=O)c1ccc(-c2ccccc2)cc1)c1cnn(C)c1. The van der Waals surface area contributed by atoms with Gasteiger partial charge in [0.05, 0.1) is 12.2 Å². The van der Waals surface area contributed by atoms with Gasteiger partial charge in [-0.25, -0.2) is 0 Å². The van der Waals surface area contributed by atoms with Crippen LogP contribution in [0.4, 0.5) is 0 Å². The van der Waals surface area contributed by atoms with E-state index in [1.54, 1.807) is 4.68 Å². The molecule has 0 spiro atoms. The summed E-state index contributed by atoms with van der Waals surface area (Å²) in [5, 5.41) is 7.25. The molecule has 26 heavy (non-hydrogen) atoms. The van der Waals surface area contributed by atoms with Gasteiger partial charge in [0, 0.05) is 30.9 Å². The molecule has 134 valence electrons. The van der Waals surface area contributed by atoms with E-state index < -0.39 is 0 Å². The largest absolute Gasteiger partial charge is 0.350 e. The average molecular weight is 348 g/mol. The monoisotopic (exact) mass is 348 g/mol. The van der Waals surface area contributed by atoms with Crippen molar-refractivity contribution < 1.29 is 4.79 Å². The smallest absolute Gasteiger partial charge is 0.251 e. The molecule has 0 aliphatic carbocycles. The maximum absolute atomic E-state index is 12.5. The molecule has 1 heterocycles. The van der Waals surface area contributed by atoms with Crippen LogP contribution in [0.3, 0.4) is 0 Å². The van der Waals surface area contributed by atoms with E-state index in [4.69, 9.17) is 0 Å². The molecule has 0 fully saturated rings. The van der Waals surface area contributed by atoms with Crippen LogP contribution in [-0.4, -0.2) is 41.2 Å². The number of hydrogen-bond donors (Lipinski definition) is 1. The van der Waals surface area contributed by atoms with Crippen LogP contribution in [0.5, 0.6) is 0 Å². The minimum Gasteiger partial charge on any atom is -0.350 e. The first kappa shape index (κ1) is 17.9. The number of hydrogen-bond acceptors (Lipinski definition) is 3. The van der Waals surface area contributed by atoms with Gasteiger partial charge in [0.15, 0.2) is 0 Å². The lowest BCUT2D eigenvalue weighted by atomic mass is 10.0. The van der Waals surface area contributed by atoms with Gasteiger partial charge in [-0.15, -0.1) is 0 Å². The van der Waals surface area contributed by atoms with Crippen molar-refractivity contribution in [3.8, 4) is 11.1 Å². The number of rotatable bonds is 6. The molecule has 3 aromatic rings. The first-order chi connectivity index (χ1) is 12.5. The van der Waals surface area contributed by atoms with Crippen molar-refractivity contribution in [3.63, 3.8) is 0 Å². The van der Waals surface area contributed by atoms with Gasteiger partial charge in [-0.2, -0.15) is 5.10 Å². The van der Waals surface area contributed by atoms with E-state index in [0.717, 1.165) is 16.7 Å². The Morgan fingerprint density at radius 2 is 1.73 bits per heavy atom. The topological polar surface area (TPSA) is 50.2 Å². The first-order valence-electron chi connectivity index (χ1n) is 8.63. The molecule has 0 bridgehead atoms. The van der Waals surface area contributed by atoms with Crippen molar-refractivity contribution in [2.24, 2.45) is 7.05 Å². The van der Waals surface area contributed by atoms with Crippen molar-refractivity contribution in [3.05, 3.63) is 78.1 Å². The zero-order chi connectivity index (χ0) is 18.5. The molecule has 0 saturated carbocycles. The molecule has 1 amide bonds. The molecule has 1 aromatic heterocycles. The zero-order valence-corrected chi connectivity index (χ0v) is 15.4. The maximum Gasteiger partial charge on any atom is 0.251 e. The molecule has 2 aromatic carbocycles. The summed E-state index contributed by atoms with van der Waals surface area (Å²) >= 11 is 0. The summed E-state index contributed by atoms with van der Waals surface area (Å²) in [5.74, 6) is -0.0691. The number of aryl methyl sites for hydroxylation is 1. The van der Waals surface area contributed by atoms with Crippen LogP contribution in [0.2, 0.25) is 0 Å². The number of aromatic nitrogens is 2. The lowest BCUT2D eigenvalue weighted by Gasteiger charge is -2.23. The molecule has 5 nitrogen and oxygen atoms in total. The third-order valence-electron chi connectivity index (χ3n) is 4.44. The Morgan fingerprint density at radius 1 is 1.08 bits per heavy atom. The molecule has 5 heteroatoms. The fourth-order valence-corrected chi connectivity index (χ4v) is 2.95. The lowest BCUT2D eigenvalue weighted by Crippen LogP contribution is -2.34. The van der Waals surface area contributed by atoms with Crippen LogP contribution in [0.15, 0.2) is 67.0 Å². The Kier molecular flexibility index (Phi) is 5.49. The van der Waals surface area contributed by atoms with Crippen LogP contribution < -0.4 is 5.32 Å². The molecule has 3 rings (SSSR count). The summed E-state index contributed by atoms with van der Waals surface area (Å²) in [6.45, 7) is 0.526. The summed E-state index contributed by atoms with van der Waals surface area (Å²) in [4.78, 5) is 14.6. The fraction of sp³-hybridized carbons (Fsp3) is 0.238. The Hall–Kier alpha value is -2.92. The third-order valence-corrected chi connectivity index (χ3v) is 4.44. The van der Waals surface area contributed by atoms with Gasteiger partial charge in [-0.05, 0) is 37.4 Å². The number of carbonyl (C=O) groups is 1. The van der Waals surface area contributed by atoms with Crippen molar-refractivity contribution in [2.75, 3.05) is 20.6 Å². The van der Waals surface area contributed by atoms with Crippen molar-refractivity contribution in [1.29, 1.82) is 0 Å². The second-order valence-corrected chi connectivity index (χ2v) is 6.58. The summed E-state index contributed by atoms with van der Waals surface area (Å²) in [6, 6.07) is 17.9. The molecule has 0 aliphatic heterocycles. The van der Waals surface area contributed by atoms with Crippen molar-refractivity contribution >= 4 is 5.91 Å². The predicted octanol–water partition coefficient (Wildman–Crippen LogP) is 3.12. The first-order valence-corrected chi connectivity index (χ1v) is 8.63. The lowest BCUT2D eigenvalue weighted by molar-refractivity contribution is 0.0942. The molecule has 0 aliphatic rings. The quantitative estimate of drug-likeness (QED) is 0.745. The van der Waals surface area contributed by atoms with Gasteiger partial charge in [0.25, 0.3) is 5.91 Å². The van der Waals surface area contributed by atoms with Crippen molar-refractivity contribution in [2.45, 2.75) is 6.04 Å². The van der Waals surface area contributed by atoms with Gasteiger partial charge >= 0.3 is 0 Å². The summed E-state index contributed by atoms with van der Waals surface area (Å²) < 4.78 is 1.77. The van der Waals surface area contributed by atoms with Crippen LogP contribution in [0, 0.1) is 0 Å². The number of nitrogens with one attached hydrogen (secondary N) is 1. The highest BCUT2D eigenvalue weighted by Gasteiger charge is 2.17. The van der Waals surface area contributed by atoms with Crippen LogP contribution in [0.1, 0.15) is 22.0 Å². The van der Waals surface area contributed by atoms with E-state index in [2.05, 4.69) is 27.4 Å². The highest BCUT2D eigenvalue weighted by Crippen LogP contribution is 2.20. The Morgan fingerprint density at radius 3 is 2.31 bits per heavy atom. The van der Waals surface area contributed by atoms with Crippen molar-refractivity contribution in [1.82, 2.24) is 20.0 Å². The normalized spacial score (nSPS) is 12.2. The summed E-state index contributed by atoms with van der Waals surface area (Å²) in [6.07, 6.45) is 3.82. The molecule has 0 radical (unpaired) electrons. The number of likely N-dealkylation sites (N-methyl/N-ethyl adjacent to an activating group) is 1. The van der Waals surface area contributed by atoms with Crippen LogP contribution in [0.25, 0.3) is 11.1 Å². The van der Waals surface area contributed by atoms with E-state index in [1.807, 2.05) is 76.0 Å². The second-order valence-electron chi connectivity index (χ2n) is 6.58. The van der Waals surface area contributed by atoms with E-state index >= 15 is 0 Å². The number of amides is 1. The van der Waals surface area contributed by atoms with Gasteiger partial charge in [-0.3, -0.25) is 9.48 Å². The Labute approximate surface area is 154 Å².